The topological polar surface area (TPSA) is 50.4 Å². The molecule has 2 N–H and O–H groups in total. The number of ether oxygens (including phenoxy) is 1. The van der Waals surface area contributed by atoms with Crippen molar-refractivity contribution < 1.29 is 13.9 Å². The monoisotopic (exact) mass is 298 g/mol. The first kappa shape index (κ1) is 15.0. The van der Waals surface area contributed by atoms with Crippen LogP contribution < -0.4 is 15.4 Å². The van der Waals surface area contributed by atoms with Crippen LogP contribution in [0, 0.1) is 5.82 Å². The summed E-state index contributed by atoms with van der Waals surface area (Å²) >= 11 is 1.90. The molecule has 1 aliphatic rings. The van der Waals surface area contributed by atoms with E-state index in [1.54, 1.807) is 6.07 Å². The van der Waals surface area contributed by atoms with Gasteiger partial charge in [0, 0.05) is 24.4 Å². The van der Waals surface area contributed by atoms with Crippen molar-refractivity contribution in [3.63, 3.8) is 0 Å². The third-order valence-electron chi connectivity index (χ3n) is 3.13. The Kier molecular flexibility index (Phi) is 5.52. The summed E-state index contributed by atoms with van der Waals surface area (Å²) in [6, 6.07) is 4.17. The smallest absolute Gasteiger partial charge is 0.315 e. The molecular formula is C14H19FN2O2S. The second-order valence-electron chi connectivity index (χ2n) is 4.70. The number of halogens is 1. The van der Waals surface area contributed by atoms with Crippen molar-refractivity contribution in [2.45, 2.75) is 24.6 Å². The van der Waals surface area contributed by atoms with E-state index in [0.29, 0.717) is 23.1 Å². The maximum Gasteiger partial charge on any atom is 0.315 e. The minimum atomic E-state index is -0.371. The van der Waals surface area contributed by atoms with E-state index in [-0.39, 0.29) is 18.4 Å². The Morgan fingerprint density at radius 1 is 1.45 bits per heavy atom. The van der Waals surface area contributed by atoms with Crippen LogP contribution in [0.1, 0.15) is 18.4 Å². The highest BCUT2D eigenvalue weighted by atomic mass is 32.2. The van der Waals surface area contributed by atoms with Crippen LogP contribution in [-0.2, 0) is 6.54 Å². The Bertz CT molecular complexity index is 464. The highest BCUT2D eigenvalue weighted by Crippen LogP contribution is 2.25. The molecule has 0 aromatic heterocycles. The fourth-order valence-electron chi connectivity index (χ4n) is 2.10. The normalized spacial score (nSPS) is 17.8. The molecule has 0 bridgehead atoms. The predicted molar refractivity (Wildman–Crippen MR) is 78.7 cm³/mol. The van der Waals surface area contributed by atoms with Gasteiger partial charge in [0.1, 0.15) is 11.6 Å². The molecule has 1 aliphatic heterocycles. The van der Waals surface area contributed by atoms with Crippen molar-refractivity contribution in [2.75, 3.05) is 19.4 Å². The maximum atomic E-state index is 13.3. The fraction of sp³-hybridized carbons (Fsp3) is 0.500. The predicted octanol–water partition coefficient (Wildman–Crippen LogP) is 2.53. The van der Waals surface area contributed by atoms with Crippen LogP contribution in [0.2, 0.25) is 0 Å². The summed E-state index contributed by atoms with van der Waals surface area (Å²) in [5, 5.41) is 6.09. The number of hydrogen-bond donors (Lipinski definition) is 2. The van der Waals surface area contributed by atoms with Gasteiger partial charge in [-0.1, -0.05) is 0 Å². The number of benzene rings is 1. The summed E-state index contributed by atoms with van der Waals surface area (Å²) in [4.78, 5) is 11.7. The van der Waals surface area contributed by atoms with Gasteiger partial charge in [-0.3, -0.25) is 0 Å². The zero-order chi connectivity index (χ0) is 14.4. The highest BCUT2D eigenvalue weighted by Gasteiger charge is 2.15. The minimum absolute atomic E-state index is 0.222. The summed E-state index contributed by atoms with van der Waals surface area (Å²) in [6.45, 7) is 0.959. The lowest BCUT2D eigenvalue weighted by molar-refractivity contribution is 0.240. The lowest BCUT2D eigenvalue weighted by atomic mass is 10.2. The van der Waals surface area contributed by atoms with Gasteiger partial charge in [0.2, 0.25) is 0 Å². The van der Waals surface area contributed by atoms with Crippen molar-refractivity contribution in [1.29, 1.82) is 0 Å². The average Bonchev–Trinajstić information content (AvgIpc) is 2.95. The molecule has 4 nitrogen and oxygen atoms in total. The van der Waals surface area contributed by atoms with Gasteiger partial charge in [0.15, 0.2) is 0 Å². The lowest BCUT2D eigenvalue weighted by Crippen LogP contribution is -2.38. The molecule has 1 aromatic carbocycles. The number of urea groups is 1. The Morgan fingerprint density at radius 3 is 3.00 bits per heavy atom. The zero-order valence-electron chi connectivity index (χ0n) is 11.4. The number of hydrogen-bond acceptors (Lipinski definition) is 3. The molecule has 0 saturated carbocycles. The number of methoxy groups -OCH3 is 1. The largest absolute Gasteiger partial charge is 0.497 e. The molecular weight excluding hydrogens is 279 g/mol. The Hall–Kier alpha value is -1.43. The molecule has 0 unspecified atom stereocenters. The van der Waals surface area contributed by atoms with Crippen molar-refractivity contribution in [1.82, 2.24) is 10.6 Å². The minimum Gasteiger partial charge on any atom is -0.497 e. The SMILES string of the molecule is COc1cc(F)cc(CNC(=O)NC[C@@H]2CCCS2)c1. The first-order chi connectivity index (χ1) is 9.67. The number of carbonyl (C=O) groups is 1. The van der Waals surface area contributed by atoms with Gasteiger partial charge >= 0.3 is 6.03 Å². The maximum absolute atomic E-state index is 13.3. The number of nitrogens with one attached hydrogen (secondary N) is 2. The summed E-state index contributed by atoms with van der Waals surface area (Å²) in [7, 11) is 1.48. The third-order valence-corrected chi connectivity index (χ3v) is 4.53. The molecule has 0 radical (unpaired) electrons. The molecule has 1 aromatic rings. The van der Waals surface area contributed by atoms with Crippen LogP contribution in [0.15, 0.2) is 18.2 Å². The Morgan fingerprint density at radius 2 is 2.30 bits per heavy atom. The first-order valence-electron chi connectivity index (χ1n) is 6.64. The van der Waals surface area contributed by atoms with E-state index in [2.05, 4.69) is 10.6 Å². The van der Waals surface area contributed by atoms with E-state index in [9.17, 15) is 9.18 Å². The quantitative estimate of drug-likeness (QED) is 0.878. The van der Waals surface area contributed by atoms with Crippen LogP contribution in [0.5, 0.6) is 5.75 Å². The van der Waals surface area contributed by atoms with Crippen LogP contribution >= 0.6 is 11.8 Å². The van der Waals surface area contributed by atoms with E-state index in [1.807, 2.05) is 11.8 Å². The Balaban J connectivity index is 1.76. The Labute approximate surface area is 122 Å². The average molecular weight is 298 g/mol. The number of carbonyl (C=O) groups excluding carboxylic acids is 1. The van der Waals surface area contributed by atoms with Gasteiger partial charge in [0.05, 0.1) is 7.11 Å². The molecule has 2 rings (SSSR count). The van der Waals surface area contributed by atoms with Gasteiger partial charge in [-0.25, -0.2) is 9.18 Å². The highest BCUT2D eigenvalue weighted by molar-refractivity contribution is 8.00. The van der Waals surface area contributed by atoms with E-state index in [0.717, 1.165) is 6.42 Å². The van der Waals surface area contributed by atoms with Crippen LogP contribution in [0.3, 0.4) is 0 Å². The van der Waals surface area contributed by atoms with Crippen LogP contribution in [0.4, 0.5) is 9.18 Å². The van der Waals surface area contributed by atoms with Gasteiger partial charge in [-0.15, -0.1) is 0 Å². The molecule has 1 fully saturated rings. The van der Waals surface area contributed by atoms with Gasteiger partial charge in [-0.05, 0) is 36.3 Å². The van der Waals surface area contributed by atoms with Crippen molar-refractivity contribution in [3.05, 3.63) is 29.6 Å². The molecule has 2 amide bonds. The molecule has 1 heterocycles. The molecule has 6 heteroatoms. The second kappa shape index (κ2) is 7.38. The van der Waals surface area contributed by atoms with Crippen molar-refractivity contribution >= 4 is 17.8 Å². The van der Waals surface area contributed by atoms with Gasteiger partial charge < -0.3 is 15.4 Å². The third kappa shape index (κ3) is 4.59. The van der Waals surface area contributed by atoms with E-state index in [4.69, 9.17) is 4.74 Å². The van der Waals surface area contributed by atoms with Gasteiger partial charge in [-0.2, -0.15) is 11.8 Å². The van der Waals surface area contributed by atoms with Crippen molar-refractivity contribution in [2.24, 2.45) is 0 Å². The summed E-state index contributed by atoms with van der Waals surface area (Å²) < 4.78 is 18.3. The van der Waals surface area contributed by atoms with E-state index >= 15 is 0 Å². The lowest BCUT2D eigenvalue weighted by Gasteiger charge is -2.11. The first-order valence-corrected chi connectivity index (χ1v) is 7.69. The van der Waals surface area contributed by atoms with Crippen LogP contribution in [0.25, 0.3) is 0 Å². The second-order valence-corrected chi connectivity index (χ2v) is 6.11. The molecule has 110 valence electrons. The molecule has 0 aliphatic carbocycles. The number of amides is 2. The summed E-state index contributed by atoms with van der Waals surface area (Å²) in [5.74, 6) is 1.25. The standard InChI is InChI=1S/C14H19FN2O2S/c1-19-12-6-10(5-11(15)7-12)8-16-14(18)17-9-13-3-2-4-20-13/h5-7,13H,2-4,8-9H2,1H3,(H2,16,17,18)/t13-/m0/s1. The molecule has 0 spiro atoms. The molecule has 20 heavy (non-hydrogen) atoms. The van der Waals surface area contributed by atoms with Gasteiger partial charge in [0.25, 0.3) is 0 Å². The molecule has 1 saturated heterocycles. The number of thioether (sulfide) groups is 1. The zero-order valence-corrected chi connectivity index (χ0v) is 12.3. The van der Waals surface area contributed by atoms with E-state index in [1.165, 1.54) is 31.4 Å². The van der Waals surface area contributed by atoms with Crippen molar-refractivity contribution in [3.8, 4) is 5.75 Å². The van der Waals surface area contributed by atoms with Crippen LogP contribution in [-0.4, -0.2) is 30.7 Å². The number of rotatable bonds is 5. The molecule has 1 atom stereocenters. The summed E-state index contributed by atoms with van der Waals surface area (Å²) in [5.41, 5.74) is 0.673. The van der Waals surface area contributed by atoms with E-state index < -0.39 is 0 Å². The summed E-state index contributed by atoms with van der Waals surface area (Å²) in [6.07, 6.45) is 2.38. The fourth-order valence-corrected chi connectivity index (χ4v) is 3.30.